The van der Waals surface area contributed by atoms with Crippen LogP contribution in [-0.2, 0) is 21.9 Å². The molecule has 0 aromatic heterocycles. The van der Waals surface area contributed by atoms with Gasteiger partial charge in [0.25, 0.3) is 5.91 Å². The van der Waals surface area contributed by atoms with Gasteiger partial charge in [-0.15, -0.1) is 0 Å². The Morgan fingerprint density at radius 3 is 2.69 bits per heavy atom. The third-order valence-electron chi connectivity index (χ3n) is 10.7. The Morgan fingerprint density at radius 2 is 1.90 bits per heavy atom. The molecule has 0 unspecified atom stereocenters. The number of rotatable bonds is 0. The van der Waals surface area contributed by atoms with Gasteiger partial charge in [-0.05, 0) is 112 Å². The van der Waals surface area contributed by atoms with E-state index in [4.69, 9.17) is 16.3 Å². The van der Waals surface area contributed by atoms with Crippen molar-refractivity contribution in [1.82, 2.24) is 4.72 Å². The van der Waals surface area contributed by atoms with Crippen LogP contribution < -0.4 is 14.4 Å². The molecule has 1 spiro atoms. The van der Waals surface area contributed by atoms with Crippen LogP contribution >= 0.6 is 11.6 Å². The second-order valence-corrected chi connectivity index (χ2v) is 16.2. The van der Waals surface area contributed by atoms with E-state index in [-0.39, 0.29) is 17.3 Å². The molecule has 6 atom stereocenters. The average Bonchev–Trinajstić information content (AvgIpc) is 3.08. The highest BCUT2D eigenvalue weighted by molar-refractivity contribution is 7.90. The zero-order valence-electron chi connectivity index (χ0n) is 24.9. The molecule has 1 saturated carbocycles. The number of nitrogens with zero attached hydrogens (tertiary/aromatic N) is 1. The summed E-state index contributed by atoms with van der Waals surface area (Å²) in [7, 11) is -3.85. The zero-order chi connectivity index (χ0) is 29.9. The van der Waals surface area contributed by atoms with Gasteiger partial charge in [0.15, 0.2) is 0 Å². The Balaban J connectivity index is 1.44. The highest BCUT2D eigenvalue weighted by atomic mass is 35.5. The normalized spacial score (nSPS) is 34.7. The summed E-state index contributed by atoms with van der Waals surface area (Å²) < 4.78 is 35.0. The van der Waals surface area contributed by atoms with Crippen LogP contribution in [0.4, 0.5) is 5.69 Å². The minimum atomic E-state index is -3.85. The predicted octanol–water partition coefficient (Wildman–Crippen LogP) is 5.86. The van der Waals surface area contributed by atoms with Crippen molar-refractivity contribution in [2.24, 2.45) is 17.8 Å². The number of amides is 1. The van der Waals surface area contributed by atoms with Crippen LogP contribution in [0.1, 0.15) is 87.2 Å². The van der Waals surface area contributed by atoms with Crippen LogP contribution in [0.2, 0.25) is 5.02 Å². The molecular formula is C33H43ClN2O5S. The zero-order valence-corrected chi connectivity index (χ0v) is 26.4. The Labute approximate surface area is 255 Å². The van der Waals surface area contributed by atoms with Crippen molar-refractivity contribution in [2.75, 3.05) is 24.6 Å². The standard InChI is InChI=1S/C33H43ClN2O5S/c1-21-15-28-26(21)18-36-19-33(14-6-8-23-16-25(34)10-11-27(23)33)20-41-30-12-9-24(17-29(30)36)31(37)35-42(39,40)22(2)7-4-5-13-32(28,3)38/h9-12,16-17,21-22,26,28,38H,4-8,13-15,18-20H2,1-3H3,(H,35,37)/t21-,22-,26-,28-,32+,33+/m1/s1. The lowest BCUT2D eigenvalue weighted by Gasteiger charge is -2.52. The number of hydrogen-bond acceptors (Lipinski definition) is 6. The first-order valence-corrected chi connectivity index (χ1v) is 17.4. The van der Waals surface area contributed by atoms with E-state index in [1.165, 1.54) is 11.1 Å². The first kappa shape index (κ1) is 29.8. The molecule has 2 aliphatic heterocycles. The second-order valence-electron chi connectivity index (χ2n) is 13.7. The monoisotopic (exact) mass is 614 g/mol. The molecule has 2 aromatic carbocycles. The van der Waals surface area contributed by atoms with Crippen LogP contribution in [0.15, 0.2) is 36.4 Å². The fourth-order valence-electron chi connectivity index (χ4n) is 8.03. The minimum Gasteiger partial charge on any atom is -0.490 e. The number of halogens is 1. The molecule has 228 valence electrons. The number of fused-ring (bicyclic) bond motifs is 4. The maximum absolute atomic E-state index is 13.3. The van der Waals surface area contributed by atoms with Crippen molar-refractivity contribution in [3.05, 3.63) is 58.1 Å². The topological polar surface area (TPSA) is 95.9 Å². The van der Waals surface area contributed by atoms with Crippen LogP contribution in [-0.4, -0.2) is 50.0 Å². The molecule has 0 radical (unpaired) electrons. The molecule has 1 fully saturated rings. The van der Waals surface area contributed by atoms with Gasteiger partial charge in [0.2, 0.25) is 10.0 Å². The summed E-state index contributed by atoms with van der Waals surface area (Å²) in [5.74, 6) is 0.955. The molecule has 2 heterocycles. The van der Waals surface area contributed by atoms with Gasteiger partial charge < -0.3 is 14.7 Å². The van der Waals surface area contributed by atoms with Gasteiger partial charge in [0, 0.05) is 29.1 Å². The summed E-state index contributed by atoms with van der Waals surface area (Å²) in [4.78, 5) is 15.7. The number of anilines is 1. The first-order chi connectivity index (χ1) is 19.9. The summed E-state index contributed by atoms with van der Waals surface area (Å²) in [5.41, 5.74) is 2.53. The number of sulfonamides is 1. The van der Waals surface area contributed by atoms with Crippen molar-refractivity contribution in [3.8, 4) is 5.75 Å². The van der Waals surface area contributed by atoms with Gasteiger partial charge in [-0.3, -0.25) is 4.79 Å². The Morgan fingerprint density at radius 1 is 1.10 bits per heavy atom. The number of aryl methyl sites for hydroxylation is 1. The molecule has 1 amide bonds. The lowest BCUT2D eigenvalue weighted by Crippen LogP contribution is -2.55. The Bertz CT molecular complexity index is 1480. The van der Waals surface area contributed by atoms with E-state index < -0.39 is 26.8 Å². The van der Waals surface area contributed by atoms with Crippen molar-refractivity contribution in [1.29, 1.82) is 0 Å². The quantitative estimate of drug-likeness (QED) is 0.386. The van der Waals surface area contributed by atoms with E-state index in [9.17, 15) is 18.3 Å². The largest absolute Gasteiger partial charge is 0.490 e. The number of hydrogen-bond donors (Lipinski definition) is 2. The van der Waals surface area contributed by atoms with Gasteiger partial charge in [-0.1, -0.05) is 37.4 Å². The van der Waals surface area contributed by atoms with Gasteiger partial charge in [0.05, 0.1) is 23.1 Å². The number of carbonyl (C=O) groups excluding carboxylic acids is 1. The lowest BCUT2D eigenvalue weighted by atomic mass is 9.58. The highest BCUT2D eigenvalue weighted by Crippen LogP contribution is 2.51. The summed E-state index contributed by atoms with van der Waals surface area (Å²) in [6.07, 6.45) is 6.42. The number of benzene rings is 2. The molecule has 0 saturated heterocycles. The molecule has 2 bridgehead atoms. The molecule has 2 N–H and O–H groups in total. The third-order valence-corrected chi connectivity index (χ3v) is 12.7. The smallest absolute Gasteiger partial charge is 0.264 e. The summed E-state index contributed by atoms with van der Waals surface area (Å²) >= 11 is 6.40. The van der Waals surface area contributed by atoms with E-state index in [2.05, 4.69) is 28.7 Å². The van der Waals surface area contributed by atoms with Gasteiger partial charge in [-0.2, -0.15) is 0 Å². The fraction of sp³-hybridized carbons (Fsp3) is 0.606. The summed E-state index contributed by atoms with van der Waals surface area (Å²) in [6, 6.07) is 11.4. The predicted molar refractivity (Wildman–Crippen MR) is 166 cm³/mol. The maximum atomic E-state index is 13.3. The molecule has 7 nitrogen and oxygen atoms in total. The summed E-state index contributed by atoms with van der Waals surface area (Å²) in [6.45, 7) is 7.80. The van der Waals surface area contributed by atoms with E-state index in [1.54, 1.807) is 25.1 Å². The molecule has 4 aliphatic rings. The van der Waals surface area contributed by atoms with Crippen molar-refractivity contribution >= 4 is 33.2 Å². The van der Waals surface area contributed by atoms with Crippen LogP contribution in [0.3, 0.4) is 0 Å². The minimum absolute atomic E-state index is 0.147. The Hall–Kier alpha value is -2.29. The van der Waals surface area contributed by atoms with Crippen LogP contribution in [0.5, 0.6) is 5.75 Å². The van der Waals surface area contributed by atoms with Crippen molar-refractivity contribution in [2.45, 2.75) is 88.4 Å². The highest BCUT2D eigenvalue weighted by Gasteiger charge is 2.50. The number of ether oxygens (including phenoxy) is 1. The van der Waals surface area contributed by atoms with Gasteiger partial charge in [0.1, 0.15) is 5.75 Å². The SMILES string of the molecule is C[C@@H]1C[C@@H]2[C@@H]1CN1C[C@@]3(CCCc4cc(Cl)ccc43)COc3ccc(cc31)C(=O)NS(=O)(=O)[C@H](C)CCCC[C@]2(C)O. The van der Waals surface area contributed by atoms with E-state index in [0.29, 0.717) is 49.6 Å². The number of nitrogens with one attached hydrogen (secondary N) is 1. The van der Waals surface area contributed by atoms with Crippen LogP contribution in [0, 0.1) is 17.8 Å². The molecular weight excluding hydrogens is 572 g/mol. The molecule has 6 rings (SSSR count). The van der Waals surface area contributed by atoms with E-state index >= 15 is 0 Å². The molecule has 42 heavy (non-hydrogen) atoms. The second kappa shape index (κ2) is 11.0. The van der Waals surface area contributed by atoms with Crippen molar-refractivity contribution in [3.63, 3.8) is 0 Å². The van der Waals surface area contributed by atoms with Gasteiger partial charge >= 0.3 is 0 Å². The summed E-state index contributed by atoms with van der Waals surface area (Å²) in [5, 5.41) is 11.7. The van der Waals surface area contributed by atoms with E-state index in [0.717, 1.165) is 49.4 Å². The number of carbonyl (C=O) groups is 1. The Kier molecular flexibility index (Phi) is 7.80. The number of aliphatic hydroxyl groups is 1. The molecule has 9 heteroatoms. The fourth-order valence-corrected chi connectivity index (χ4v) is 9.28. The van der Waals surface area contributed by atoms with E-state index in [1.807, 2.05) is 13.0 Å². The van der Waals surface area contributed by atoms with Gasteiger partial charge in [-0.25, -0.2) is 13.1 Å². The average molecular weight is 615 g/mol. The first-order valence-electron chi connectivity index (χ1n) is 15.5. The van der Waals surface area contributed by atoms with Crippen LogP contribution in [0.25, 0.3) is 0 Å². The molecule has 2 aliphatic carbocycles. The third kappa shape index (κ3) is 5.43. The molecule has 2 aromatic rings. The van der Waals surface area contributed by atoms with Crippen molar-refractivity contribution < 1.29 is 23.1 Å². The lowest BCUT2D eigenvalue weighted by molar-refractivity contribution is -0.0999. The maximum Gasteiger partial charge on any atom is 0.264 e.